The maximum Gasteiger partial charge on any atom is 0.307 e. The van der Waals surface area contributed by atoms with Gasteiger partial charge in [0.1, 0.15) is 5.82 Å². The Balaban J connectivity index is 2.23. The van der Waals surface area contributed by atoms with Crippen LogP contribution in [0.15, 0.2) is 53.4 Å². The van der Waals surface area contributed by atoms with Gasteiger partial charge in [0.2, 0.25) is 10.0 Å². The Labute approximate surface area is 175 Å². The van der Waals surface area contributed by atoms with Crippen LogP contribution in [0.1, 0.15) is 42.2 Å². The van der Waals surface area contributed by atoms with Crippen LogP contribution >= 0.6 is 0 Å². The van der Waals surface area contributed by atoms with Crippen molar-refractivity contribution in [2.75, 3.05) is 20.2 Å². The van der Waals surface area contributed by atoms with Crippen molar-refractivity contribution in [3.63, 3.8) is 0 Å². The molecular formula is C21H25FN2O5S. The number of nitrogens with one attached hydrogen (secondary N) is 1. The topological polar surface area (TPSA) is 92.8 Å². The standard InChI is InChI=1S/C21H25FN2O5S/c1-4-24(5-2)30(27,28)18-12-8-16(9-13-18)21(26)23-19(14-20(25)29-3)15-6-10-17(22)11-7-15/h6-13,19H,4-5,14H2,1-3H3,(H,23,26). The molecule has 2 aromatic carbocycles. The summed E-state index contributed by atoms with van der Waals surface area (Å²) in [5.74, 6) is -1.47. The third-order valence-corrected chi connectivity index (χ3v) is 6.70. The van der Waals surface area contributed by atoms with Crippen molar-refractivity contribution in [2.24, 2.45) is 0 Å². The summed E-state index contributed by atoms with van der Waals surface area (Å²) < 4.78 is 44.3. The van der Waals surface area contributed by atoms with Crippen molar-refractivity contribution in [1.29, 1.82) is 0 Å². The lowest BCUT2D eigenvalue weighted by atomic mass is 10.0. The molecule has 1 amide bonds. The van der Waals surface area contributed by atoms with Crippen LogP contribution in [-0.2, 0) is 19.6 Å². The summed E-state index contributed by atoms with van der Waals surface area (Å²) in [6.45, 7) is 4.18. The second kappa shape index (κ2) is 10.3. The smallest absolute Gasteiger partial charge is 0.307 e. The van der Waals surface area contributed by atoms with E-state index in [0.717, 1.165) is 0 Å². The zero-order valence-electron chi connectivity index (χ0n) is 17.1. The number of carbonyl (C=O) groups excluding carboxylic acids is 2. The minimum atomic E-state index is -3.63. The number of nitrogens with zero attached hydrogens (tertiary/aromatic N) is 1. The predicted molar refractivity (Wildman–Crippen MR) is 110 cm³/mol. The molecule has 1 atom stereocenters. The van der Waals surface area contributed by atoms with Gasteiger partial charge in [-0.05, 0) is 42.0 Å². The second-order valence-electron chi connectivity index (χ2n) is 6.47. The molecule has 0 radical (unpaired) electrons. The van der Waals surface area contributed by atoms with Crippen molar-refractivity contribution in [3.05, 3.63) is 65.5 Å². The van der Waals surface area contributed by atoms with E-state index in [1.54, 1.807) is 13.8 Å². The average Bonchev–Trinajstić information content (AvgIpc) is 2.74. The van der Waals surface area contributed by atoms with Crippen LogP contribution in [0.25, 0.3) is 0 Å². The van der Waals surface area contributed by atoms with Crippen molar-refractivity contribution >= 4 is 21.9 Å². The Hall–Kier alpha value is -2.78. The Morgan fingerprint density at radius 1 is 1.03 bits per heavy atom. The summed E-state index contributed by atoms with van der Waals surface area (Å²) >= 11 is 0. The van der Waals surface area contributed by atoms with Gasteiger partial charge in [0.05, 0.1) is 24.5 Å². The van der Waals surface area contributed by atoms with Crippen LogP contribution < -0.4 is 5.32 Å². The summed E-state index contributed by atoms with van der Waals surface area (Å²) in [5.41, 5.74) is 0.765. The number of rotatable bonds is 9. The minimum Gasteiger partial charge on any atom is -0.469 e. The molecule has 0 aliphatic rings. The van der Waals surface area contributed by atoms with Crippen LogP contribution in [0, 0.1) is 5.82 Å². The zero-order valence-corrected chi connectivity index (χ0v) is 17.9. The fraction of sp³-hybridized carbons (Fsp3) is 0.333. The number of hydrogen-bond acceptors (Lipinski definition) is 5. The Morgan fingerprint density at radius 3 is 2.10 bits per heavy atom. The van der Waals surface area contributed by atoms with Crippen LogP contribution in [0.3, 0.4) is 0 Å². The highest BCUT2D eigenvalue weighted by Crippen LogP contribution is 2.20. The molecule has 0 fully saturated rings. The van der Waals surface area contributed by atoms with Gasteiger partial charge in [0.15, 0.2) is 0 Å². The van der Waals surface area contributed by atoms with Crippen molar-refractivity contribution < 1.29 is 27.1 Å². The molecule has 2 rings (SSSR count). The molecular weight excluding hydrogens is 411 g/mol. The van der Waals surface area contributed by atoms with Gasteiger partial charge in [0.25, 0.3) is 5.91 Å². The number of benzene rings is 2. The van der Waals surface area contributed by atoms with E-state index in [1.807, 2.05) is 0 Å². The Bertz CT molecular complexity index is 971. The lowest BCUT2D eigenvalue weighted by molar-refractivity contribution is -0.141. The average molecular weight is 437 g/mol. The molecule has 0 bridgehead atoms. The van der Waals surface area contributed by atoms with Gasteiger partial charge in [-0.2, -0.15) is 4.31 Å². The van der Waals surface area contributed by atoms with E-state index >= 15 is 0 Å². The molecule has 0 aliphatic carbocycles. The first-order chi connectivity index (χ1) is 14.2. The quantitative estimate of drug-likeness (QED) is 0.610. The highest BCUT2D eigenvalue weighted by Gasteiger charge is 2.23. The van der Waals surface area contributed by atoms with E-state index in [1.165, 1.54) is 59.9 Å². The number of hydrogen-bond donors (Lipinski definition) is 1. The summed E-state index contributed by atoms with van der Waals surface area (Å²) in [6, 6.07) is 10.2. The van der Waals surface area contributed by atoms with Gasteiger partial charge < -0.3 is 10.1 Å². The van der Waals surface area contributed by atoms with E-state index in [2.05, 4.69) is 10.1 Å². The summed E-state index contributed by atoms with van der Waals surface area (Å²) in [6.07, 6.45) is -0.137. The van der Waals surface area contributed by atoms with E-state index in [9.17, 15) is 22.4 Å². The van der Waals surface area contributed by atoms with Crippen LogP contribution in [0.4, 0.5) is 4.39 Å². The largest absolute Gasteiger partial charge is 0.469 e. The molecule has 7 nitrogen and oxygen atoms in total. The number of halogens is 1. The molecule has 1 unspecified atom stereocenters. The third-order valence-electron chi connectivity index (χ3n) is 4.64. The molecule has 0 spiro atoms. The molecule has 2 aromatic rings. The fourth-order valence-electron chi connectivity index (χ4n) is 2.93. The van der Waals surface area contributed by atoms with Crippen LogP contribution in [0.5, 0.6) is 0 Å². The highest BCUT2D eigenvalue weighted by molar-refractivity contribution is 7.89. The van der Waals surface area contributed by atoms with Crippen molar-refractivity contribution in [3.8, 4) is 0 Å². The summed E-state index contributed by atoms with van der Waals surface area (Å²) in [7, 11) is -2.39. The molecule has 0 saturated heterocycles. The lowest BCUT2D eigenvalue weighted by Crippen LogP contribution is -2.31. The second-order valence-corrected chi connectivity index (χ2v) is 8.41. The van der Waals surface area contributed by atoms with E-state index < -0.39 is 33.8 Å². The number of amides is 1. The predicted octanol–water partition coefficient (Wildman–Crippen LogP) is 2.89. The SMILES string of the molecule is CCN(CC)S(=O)(=O)c1ccc(C(=O)NC(CC(=O)OC)c2ccc(F)cc2)cc1. The molecule has 9 heteroatoms. The number of sulfonamides is 1. The number of carbonyl (C=O) groups is 2. The molecule has 0 saturated carbocycles. The zero-order chi connectivity index (χ0) is 22.3. The normalized spacial score (nSPS) is 12.4. The van der Waals surface area contributed by atoms with Gasteiger partial charge in [-0.3, -0.25) is 9.59 Å². The van der Waals surface area contributed by atoms with Gasteiger partial charge in [-0.1, -0.05) is 26.0 Å². The molecule has 162 valence electrons. The van der Waals surface area contributed by atoms with Gasteiger partial charge >= 0.3 is 5.97 Å². The molecule has 0 heterocycles. The summed E-state index contributed by atoms with van der Waals surface area (Å²) in [4.78, 5) is 24.5. The van der Waals surface area contributed by atoms with Crippen LogP contribution in [-0.4, -0.2) is 44.8 Å². The van der Waals surface area contributed by atoms with Crippen LogP contribution in [0.2, 0.25) is 0 Å². The van der Waals surface area contributed by atoms with Gasteiger partial charge in [-0.25, -0.2) is 12.8 Å². The molecule has 0 aromatic heterocycles. The van der Waals surface area contributed by atoms with E-state index in [4.69, 9.17) is 0 Å². The number of esters is 1. The van der Waals surface area contributed by atoms with Gasteiger partial charge in [-0.15, -0.1) is 0 Å². The minimum absolute atomic E-state index is 0.0902. The first-order valence-corrected chi connectivity index (χ1v) is 10.9. The number of methoxy groups -OCH3 is 1. The van der Waals surface area contributed by atoms with Crippen molar-refractivity contribution in [2.45, 2.75) is 31.2 Å². The number of ether oxygens (including phenoxy) is 1. The fourth-order valence-corrected chi connectivity index (χ4v) is 4.39. The highest BCUT2D eigenvalue weighted by atomic mass is 32.2. The lowest BCUT2D eigenvalue weighted by Gasteiger charge is -2.19. The van der Waals surface area contributed by atoms with Gasteiger partial charge in [0, 0.05) is 18.7 Å². The molecule has 0 aliphatic heterocycles. The monoisotopic (exact) mass is 436 g/mol. The maximum atomic E-state index is 13.2. The Kier molecular flexibility index (Phi) is 8.08. The molecule has 1 N–H and O–H groups in total. The van der Waals surface area contributed by atoms with E-state index in [-0.39, 0.29) is 16.9 Å². The first-order valence-electron chi connectivity index (χ1n) is 9.46. The summed E-state index contributed by atoms with van der Waals surface area (Å²) in [5, 5.41) is 2.72. The third kappa shape index (κ3) is 5.64. The first kappa shape index (κ1) is 23.5. The van der Waals surface area contributed by atoms with Crippen molar-refractivity contribution in [1.82, 2.24) is 9.62 Å². The van der Waals surface area contributed by atoms with E-state index in [0.29, 0.717) is 18.7 Å². The maximum absolute atomic E-state index is 13.2. The Morgan fingerprint density at radius 2 is 1.60 bits per heavy atom. The molecule has 30 heavy (non-hydrogen) atoms.